The molecule has 45 heavy (non-hydrogen) atoms. The molecule has 9 rings (SSSR count). The standard InChI is InChI=1S/C40H24N4O/c41-25-27-22-26-18-19-30(24-39(26)44(40(27)45)28-10-2-1-3-11-28)43-37-17-9-6-14-33(37)34-23-29(20-21-38(34)43)42-35-15-7-4-12-31(35)32-13-5-8-16-36(32)42/h1-24H. The van der Waals surface area contributed by atoms with Gasteiger partial charge in [0, 0.05) is 44.0 Å². The molecular weight excluding hydrogens is 552 g/mol. The van der Waals surface area contributed by atoms with E-state index in [4.69, 9.17) is 0 Å². The number of pyridine rings is 1. The molecule has 0 aliphatic carbocycles. The number of aromatic nitrogens is 3. The maximum Gasteiger partial charge on any atom is 0.273 e. The highest BCUT2D eigenvalue weighted by Gasteiger charge is 2.18. The van der Waals surface area contributed by atoms with Gasteiger partial charge in [-0.3, -0.25) is 9.36 Å². The van der Waals surface area contributed by atoms with Crippen LogP contribution in [0.15, 0.2) is 150 Å². The number of nitriles is 1. The van der Waals surface area contributed by atoms with Gasteiger partial charge in [-0.15, -0.1) is 0 Å². The minimum Gasteiger partial charge on any atom is -0.309 e. The number of para-hydroxylation sites is 4. The lowest BCUT2D eigenvalue weighted by molar-refractivity contribution is 1.03. The second-order valence-electron chi connectivity index (χ2n) is 11.3. The first-order chi connectivity index (χ1) is 22.2. The maximum atomic E-state index is 13.5. The van der Waals surface area contributed by atoms with Crippen LogP contribution >= 0.6 is 0 Å². The average molecular weight is 577 g/mol. The fourth-order valence-corrected chi connectivity index (χ4v) is 6.93. The molecule has 0 saturated heterocycles. The molecule has 210 valence electrons. The van der Waals surface area contributed by atoms with Crippen molar-refractivity contribution in [3.8, 4) is 23.1 Å². The predicted octanol–water partition coefficient (Wildman–Crippen LogP) is 9.06. The highest BCUT2D eigenvalue weighted by Crippen LogP contribution is 2.37. The van der Waals surface area contributed by atoms with E-state index in [-0.39, 0.29) is 11.1 Å². The number of hydrogen-bond donors (Lipinski definition) is 0. The fourth-order valence-electron chi connectivity index (χ4n) is 6.93. The first-order valence-electron chi connectivity index (χ1n) is 14.9. The highest BCUT2D eigenvalue weighted by atomic mass is 16.1. The fraction of sp³-hybridized carbons (Fsp3) is 0. The van der Waals surface area contributed by atoms with Crippen LogP contribution < -0.4 is 5.56 Å². The van der Waals surface area contributed by atoms with Crippen molar-refractivity contribution in [3.05, 3.63) is 162 Å². The van der Waals surface area contributed by atoms with Gasteiger partial charge in [-0.2, -0.15) is 5.26 Å². The van der Waals surface area contributed by atoms with Crippen LogP contribution in [0.2, 0.25) is 0 Å². The van der Waals surface area contributed by atoms with Crippen LogP contribution in [0.4, 0.5) is 0 Å². The molecule has 0 atom stereocenters. The maximum absolute atomic E-state index is 13.5. The summed E-state index contributed by atoms with van der Waals surface area (Å²) in [7, 11) is 0. The van der Waals surface area contributed by atoms with Gasteiger partial charge in [-0.05, 0) is 66.7 Å². The molecule has 0 saturated carbocycles. The van der Waals surface area contributed by atoms with Crippen LogP contribution in [0.5, 0.6) is 0 Å². The molecule has 5 heteroatoms. The van der Waals surface area contributed by atoms with E-state index in [1.54, 1.807) is 10.6 Å². The number of hydrogen-bond acceptors (Lipinski definition) is 2. The molecule has 0 amide bonds. The third kappa shape index (κ3) is 3.63. The summed E-state index contributed by atoms with van der Waals surface area (Å²) in [6, 6.07) is 51.6. The Morgan fingerprint density at radius 3 is 1.56 bits per heavy atom. The molecule has 0 N–H and O–H groups in total. The summed E-state index contributed by atoms with van der Waals surface area (Å²) in [5.74, 6) is 0. The molecule has 0 aliphatic heterocycles. The minimum atomic E-state index is -0.327. The Kier molecular flexibility index (Phi) is 5.35. The van der Waals surface area contributed by atoms with Gasteiger partial charge in [-0.25, -0.2) is 0 Å². The summed E-state index contributed by atoms with van der Waals surface area (Å²) in [4.78, 5) is 13.5. The Morgan fingerprint density at radius 2 is 0.933 bits per heavy atom. The highest BCUT2D eigenvalue weighted by molar-refractivity contribution is 6.12. The Labute approximate surface area is 257 Å². The summed E-state index contributed by atoms with van der Waals surface area (Å²) in [5, 5.41) is 15.3. The van der Waals surface area contributed by atoms with E-state index < -0.39 is 0 Å². The lowest BCUT2D eigenvalue weighted by Gasteiger charge is -2.14. The lowest BCUT2D eigenvalue weighted by atomic mass is 10.1. The van der Waals surface area contributed by atoms with Gasteiger partial charge >= 0.3 is 0 Å². The van der Waals surface area contributed by atoms with E-state index >= 15 is 0 Å². The van der Waals surface area contributed by atoms with Gasteiger partial charge in [0.05, 0.1) is 27.6 Å². The molecular formula is C40H24N4O. The van der Waals surface area contributed by atoms with Crippen LogP contribution in [0.3, 0.4) is 0 Å². The van der Waals surface area contributed by atoms with Gasteiger partial charge < -0.3 is 9.13 Å². The zero-order valence-corrected chi connectivity index (χ0v) is 24.1. The van der Waals surface area contributed by atoms with Gasteiger partial charge in [0.15, 0.2) is 0 Å². The third-order valence-corrected chi connectivity index (χ3v) is 8.88. The van der Waals surface area contributed by atoms with Gasteiger partial charge in [-0.1, -0.05) is 78.9 Å². The number of nitrogens with zero attached hydrogens (tertiary/aromatic N) is 4. The Morgan fingerprint density at radius 1 is 0.422 bits per heavy atom. The number of benzene rings is 6. The summed E-state index contributed by atoms with van der Waals surface area (Å²) in [6.45, 7) is 0. The molecule has 6 aromatic carbocycles. The van der Waals surface area contributed by atoms with Gasteiger partial charge in [0.25, 0.3) is 5.56 Å². The largest absolute Gasteiger partial charge is 0.309 e. The monoisotopic (exact) mass is 576 g/mol. The van der Waals surface area contributed by atoms with Crippen LogP contribution in [0, 0.1) is 11.3 Å². The molecule has 5 nitrogen and oxygen atoms in total. The van der Waals surface area contributed by atoms with Crippen LogP contribution in [-0.2, 0) is 0 Å². The first-order valence-corrected chi connectivity index (χ1v) is 14.9. The second-order valence-corrected chi connectivity index (χ2v) is 11.3. The summed E-state index contributed by atoms with van der Waals surface area (Å²) in [6.07, 6.45) is 0. The van der Waals surface area contributed by atoms with Crippen LogP contribution in [-0.4, -0.2) is 13.7 Å². The summed E-state index contributed by atoms with van der Waals surface area (Å²) in [5.41, 5.74) is 7.79. The Hall–Kier alpha value is -6.38. The van der Waals surface area contributed by atoms with Crippen molar-refractivity contribution in [1.82, 2.24) is 13.7 Å². The molecule has 0 aliphatic rings. The smallest absolute Gasteiger partial charge is 0.273 e. The molecule has 3 heterocycles. The van der Waals surface area contributed by atoms with E-state index in [2.05, 4.69) is 118 Å². The van der Waals surface area contributed by atoms with Crippen molar-refractivity contribution < 1.29 is 0 Å². The zero-order chi connectivity index (χ0) is 30.1. The zero-order valence-electron chi connectivity index (χ0n) is 24.1. The molecule has 0 bridgehead atoms. The molecule has 3 aromatic heterocycles. The Bertz CT molecular complexity index is 2690. The van der Waals surface area contributed by atoms with E-state index in [1.165, 1.54) is 21.8 Å². The molecule has 0 unspecified atom stereocenters. The van der Waals surface area contributed by atoms with Gasteiger partial charge in [0.1, 0.15) is 11.6 Å². The minimum absolute atomic E-state index is 0.119. The predicted molar refractivity (Wildman–Crippen MR) is 183 cm³/mol. The SMILES string of the molecule is N#Cc1cc2ccc(-n3c4ccccc4c4cc(-n5c6ccccc6c6ccccc65)ccc43)cc2n(-c2ccccc2)c1=O. The van der Waals surface area contributed by atoms with Crippen molar-refractivity contribution in [2.75, 3.05) is 0 Å². The van der Waals surface area contributed by atoms with Crippen LogP contribution in [0.1, 0.15) is 5.56 Å². The van der Waals surface area contributed by atoms with E-state index in [0.29, 0.717) is 0 Å². The third-order valence-electron chi connectivity index (χ3n) is 8.88. The second kappa shape index (κ2) is 9.57. The quantitative estimate of drug-likeness (QED) is 0.211. The van der Waals surface area contributed by atoms with Crippen molar-refractivity contribution in [2.24, 2.45) is 0 Å². The topological polar surface area (TPSA) is 55.6 Å². The van der Waals surface area contributed by atoms with E-state index in [1.807, 2.05) is 36.4 Å². The number of rotatable bonds is 3. The summed E-state index contributed by atoms with van der Waals surface area (Å²) >= 11 is 0. The summed E-state index contributed by atoms with van der Waals surface area (Å²) < 4.78 is 6.25. The Balaban J connectivity index is 1.33. The first kappa shape index (κ1) is 25.1. The van der Waals surface area contributed by atoms with Crippen LogP contribution in [0.25, 0.3) is 71.6 Å². The normalized spacial score (nSPS) is 11.6. The molecule has 0 fully saturated rings. The molecule has 0 radical (unpaired) electrons. The molecule has 0 spiro atoms. The lowest BCUT2D eigenvalue weighted by Crippen LogP contribution is -2.21. The number of fused-ring (bicyclic) bond motifs is 7. The van der Waals surface area contributed by atoms with Crippen molar-refractivity contribution >= 4 is 54.5 Å². The average Bonchev–Trinajstić information content (AvgIpc) is 3.61. The molecule has 9 aromatic rings. The van der Waals surface area contributed by atoms with E-state index in [0.717, 1.165) is 49.8 Å². The van der Waals surface area contributed by atoms with Crippen molar-refractivity contribution in [1.29, 1.82) is 5.26 Å². The van der Waals surface area contributed by atoms with Crippen molar-refractivity contribution in [3.63, 3.8) is 0 Å². The van der Waals surface area contributed by atoms with Gasteiger partial charge in [0.2, 0.25) is 0 Å². The van der Waals surface area contributed by atoms with E-state index in [9.17, 15) is 10.1 Å². The van der Waals surface area contributed by atoms with Crippen molar-refractivity contribution in [2.45, 2.75) is 0 Å².